The minimum absolute atomic E-state index is 0.138. The van der Waals surface area contributed by atoms with Gasteiger partial charge in [0.05, 0.1) is 29.3 Å². The van der Waals surface area contributed by atoms with Crippen molar-refractivity contribution in [2.45, 2.75) is 45.0 Å². The van der Waals surface area contributed by atoms with Gasteiger partial charge in [-0.3, -0.25) is 4.79 Å². The molecule has 8 nitrogen and oxygen atoms in total. The van der Waals surface area contributed by atoms with Crippen molar-refractivity contribution >= 4 is 23.5 Å². The third-order valence-electron chi connectivity index (χ3n) is 4.97. The summed E-state index contributed by atoms with van der Waals surface area (Å²) in [5, 5.41) is 12.0. The van der Waals surface area contributed by atoms with Gasteiger partial charge in [0, 0.05) is 5.69 Å². The van der Waals surface area contributed by atoms with Crippen LogP contribution < -0.4 is 0 Å². The van der Waals surface area contributed by atoms with Gasteiger partial charge in [0.15, 0.2) is 5.78 Å². The van der Waals surface area contributed by atoms with Gasteiger partial charge < -0.3 is 9.72 Å². The van der Waals surface area contributed by atoms with Gasteiger partial charge >= 0.3 is 5.97 Å². The van der Waals surface area contributed by atoms with Crippen molar-refractivity contribution in [2.24, 2.45) is 0 Å². The molecule has 3 aromatic rings. The molecule has 0 spiro atoms. The number of methoxy groups -OCH3 is 1. The number of thioether (sulfide) groups is 1. The average molecular weight is 414 g/mol. The standard InChI is InChI=1S/C20H23N5O3S/c1-10-8-7-9-15(11(10)2)25-20(22-23-24-25)29-14(5)18(26)17-12(3)16(13(4)21-17)19(27)28-6/h7-9,14,21H,1-6H3. The Bertz CT molecular complexity index is 1090. The molecule has 1 atom stereocenters. The molecule has 0 aliphatic rings. The summed E-state index contributed by atoms with van der Waals surface area (Å²) in [7, 11) is 1.32. The van der Waals surface area contributed by atoms with Crippen molar-refractivity contribution < 1.29 is 14.3 Å². The lowest BCUT2D eigenvalue weighted by molar-refractivity contribution is 0.0599. The van der Waals surface area contributed by atoms with Gasteiger partial charge in [-0.05, 0) is 67.8 Å². The zero-order chi connectivity index (χ0) is 21.3. The fraction of sp³-hybridized carbons (Fsp3) is 0.350. The maximum atomic E-state index is 13.1. The second-order valence-corrected chi connectivity index (χ2v) is 8.14. The van der Waals surface area contributed by atoms with Crippen LogP contribution in [-0.4, -0.2) is 49.3 Å². The molecule has 0 radical (unpaired) electrons. The predicted octanol–water partition coefficient (Wildman–Crippen LogP) is 3.37. The van der Waals surface area contributed by atoms with Crippen LogP contribution in [0.2, 0.25) is 0 Å². The van der Waals surface area contributed by atoms with Crippen LogP contribution in [0.4, 0.5) is 0 Å². The lowest BCUT2D eigenvalue weighted by Gasteiger charge is -2.12. The van der Waals surface area contributed by atoms with Crippen molar-refractivity contribution in [3.63, 3.8) is 0 Å². The number of carbonyl (C=O) groups is 2. The highest BCUT2D eigenvalue weighted by atomic mass is 32.2. The van der Waals surface area contributed by atoms with Gasteiger partial charge in [0.25, 0.3) is 0 Å². The summed E-state index contributed by atoms with van der Waals surface area (Å²) in [5.41, 5.74) is 5.06. The Morgan fingerprint density at radius 2 is 1.90 bits per heavy atom. The zero-order valence-electron chi connectivity index (χ0n) is 17.2. The zero-order valence-corrected chi connectivity index (χ0v) is 18.0. The number of nitrogens with one attached hydrogen (secondary N) is 1. The third-order valence-corrected chi connectivity index (χ3v) is 6.00. The quantitative estimate of drug-likeness (QED) is 0.375. The highest BCUT2D eigenvalue weighted by Crippen LogP contribution is 2.29. The molecule has 29 heavy (non-hydrogen) atoms. The molecule has 2 aromatic heterocycles. The summed E-state index contributed by atoms with van der Waals surface area (Å²) in [6.45, 7) is 9.31. The van der Waals surface area contributed by atoms with Crippen LogP contribution >= 0.6 is 11.8 Å². The molecular formula is C20H23N5O3S. The fourth-order valence-electron chi connectivity index (χ4n) is 3.19. The number of aryl methyl sites for hydroxylation is 2. The van der Waals surface area contributed by atoms with Gasteiger partial charge in [0.1, 0.15) is 0 Å². The van der Waals surface area contributed by atoms with E-state index in [0.29, 0.717) is 27.7 Å². The Labute approximate surface area is 173 Å². The van der Waals surface area contributed by atoms with Crippen molar-refractivity contribution in [1.82, 2.24) is 25.2 Å². The van der Waals surface area contributed by atoms with Gasteiger partial charge in [-0.15, -0.1) is 5.10 Å². The van der Waals surface area contributed by atoms with Crippen molar-refractivity contribution in [3.8, 4) is 5.69 Å². The topological polar surface area (TPSA) is 103 Å². The summed E-state index contributed by atoms with van der Waals surface area (Å²) >= 11 is 1.27. The maximum Gasteiger partial charge on any atom is 0.339 e. The summed E-state index contributed by atoms with van der Waals surface area (Å²) < 4.78 is 6.46. The molecule has 1 unspecified atom stereocenters. The van der Waals surface area contributed by atoms with E-state index in [-0.39, 0.29) is 5.78 Å². The number of ketones is 1. The minimum Gasteiger partial charge on any atom is -0.465 e. The highest BCUT2D eigenvalue weighted by Gasteiger charge is 2.27. The number of ether oxygens (including phenoxy) is 1. The van der Waals surface area contributed by atoms with E-state index in [0.717, 1.165) is 16.8 Å². The monoisotopic (exact) mass is 413 g/mol. The summed E-state index contributed by atoms with van der Waals surface area (Å²) in [6.07, 6.45) is 0. The minimum atomic E-state index is -0.466. The van der Waals surface area contributed by atoms with E-state index in [9.17, 15) is 9.59 Å². The van der Waals surface area contributed by atoms with E-state index in [1.54, 1.807) is 25.5 Å². The molecule has 3 rings (SSSR count). The van der Waals surface area contributed by atoms with E-state index in [4.69, 9.17) is 4.74 Å². The lowest BCUT2D eigenvalue weighted by atomic mass is 10.1. The number of hydrogen-bond acceptors (Lipinski definition) is 7. The van der Waals surface area contributed by atoms with Crippen molar-refractivity contribution in [2.75, 3.05) is 7.11 Å². The molecule has 0 bridgehead atoms. The Hall–Kier alpha value is -2.94. The van der Waals surface area contributed by atoms with Gasteiger partial charge in [-0.1, -0.05) is 23.9 Å². The Kier molecular flexibility index (Phi) is 5.88. The maximum absolute atomic E-state index is 13.1. The number of tetrazole rings is 1. The molecule has 1 N–H and O–H groups in total. The van der Waals surface area contributed by atoms with Gasteiger partial charge in [-0.2, -0.15) is 4.68 Å². The van der Waals surface area contributed by atoms with E-state index < -0.39 is 11.2 Å². The fourth-order valence-corrected chi connectivity index (χ4v) is 4.05. The normalized spacial score (nSPS) is 12.1. The number of aromatic nitrogens is 5. The van der Waals surface area contributed by atoms with E-state index in [1.807, 2.05) is 32.0 Å². The SMILES string of the molecule is COC(=O)c1c(C)[nH]c(C(=O)C(C)Sc2nnnn2-c2cccc(C)c2C)c1C. The van der Waals surface area contributed by atoms with E-state index in [2.05, 4.69) is 20.5 Å². The van der Waals surface area contributed by atoms with Crippen LogP contribution in [-0.2, 0) is 4.74 Å². The molecule has 9 heteroatoms. The van der Waals surface area contributed by atoms with Crippen LogP contribution in [0.25, 0.3) is 5.69 Å². The molecule has 0 fully saturated rings. The number of hydrogen-bond donors (Lipinski definition) is 1. The molecule has 152 valence electrons. The lowest BCUT2D eigenvalue weighted by Crippen LogP contribution is -2.16. The molecule has 0 aliphatic carbocycles. The van der Waals surface area contributed by atoms with E-state index >= 15 is 0 Å². The first-order valence-electron chi connectivity index (χ1n) is 9.09. The molecule has 1 aromatic carbocycles. The van der Waals surface area contributed by atoms with Gasteiger partial charge in [-0.25, -0.2) is 4.79 Å². The molecule has 0 aliphatic heterocycles. The van der Waals surface area contributed by atoms with E-state index in [1.165, 1.54) is 18.9 Å². The number of esters is 1. The number of H-pyrrole nitrogens is 1. The number of Topliss-reactive ketones (excluding diaryl/α,β-unsaturated/α-hetero) is 1. The van der Waals surface area contributed by atoms with Crippen molar-refractivity contribution in [3.05, 3.63) is 51.8 Å². The van der Waals surface area contributed by atoms with Gasteiger partial charge in [0.2, 0.25) is 5.16 Å². The Balaban J connectivity index is 1.88. The number of benzene rings is 1. The first-order valence-corrected chi connectivity index (χ1v) is 9.97. The molecule has 0 saturated carbocycles. The van der Waals surface area contributed by atoms with Crippen molar-refractivity contribution in [1.29, 1.82) is 0 Å². The van der Waals surface area contributed by atoms with Crippen LogP contribution in [0.15, 0.2) is 23.4 Å². The second-order valence-electron chi connectivity index (χ2n) is 6.83. The van der Waals surface area contributed by atoms with Crippen LogP contribution in [0.5, 0.6) is 0 Å². The van der Waals surface area contributed by atoms with Crippen LogP contribution in [0.1, 0.15) is 50.2 Å². The summed E-state index contributed by atoms with van der Waals surface area (Å²) in [6, 6.07) is 5.91. The number of carbonyl (C=O) groups excluding carboxylic acids is 2. The molecular weight excluding hydrogens is 390 g/mol. The molecule has 0 amide bonds. The Morgan fingerprint density at radius 1 is 1.17 bits per heavy atom. The Morgan fingerprint density at radius 3 is 2.59 bits per heavy atom. The highest BCUT2D eigenvalue weighted by molar-refractivity contribution is 8.00. The first kappa shape index (κ1) is 20.8. The van der Waals surface area contributed by atoms with Crippen LogP contribution in [0, 0.1) is 27.7 Å². The molecule has 2 heterocycles. The van der Waals surface area contributed by atoms with Crippen LogP contribution in [0.3, 0.4) is 0 Å². The average Bonchev–Trinajstić information content (AvgIpc) is 3.26. The number of nitrogens with zero attached hydrogens (tertiary/aromatic N) is 4. The second kappa shape index (κ2) is 8.20. The summed E-state index contributed by atoms with van der Waals surface area (Å²) in [4.78, 5) is 28.1. The summed E-state index contributed by atoms with van der Waals surface area (Å²) in [5.74, 6) is -0.601. The predicted molar refractivity (Wildman–Crippen MR) is 110 cm³/mol. The number of rotatable bonds is 6. The molecule has 0 saturated heterocycles. The smallest absolute Gasteiger partial charge is 0.339 e. The third kappa shape index (κ3) is 3.82. The largest absolute Gasteiger partial charge is 0.465 e. The number of aromatic amines is 1. The first-order chi connectivity index (χ1) is 13.8.